The lowest BCUT2D eigenvalue weighted by atomic mass is 10.2. The van der Waals surface area contributed by atoms with Gasteiger partial charge in [0.25, 0.3) is 0 Å². The van der Waals surface area contributed by atoms with Gasteiger partial charge < -0.3 is 19.7 Å². The first-order valence-electron chi connectivity index (χ1n) is 5.21. The fraction of sp³-hybridized carbons (Fsp3) is 0.167. The lowest BCUT2D eigenvalue weighted by Gasteiger charge is -2.06. The van der Waals surface area contributed by atoms with Crippen LogP contribution in [0.1, 0.15) is 9.67 Å². The Labute approximate surface area is 112 Å². The van der Waals surface area contributed by atoms with E-state index in [4.69, 9.17) is 14.6 Å². The molecular formula is C12H11NO5S. The van der Waals surface area contributed by atoms with Gasteiger partial charge in [0, 0.05) is 11.6 Å². The minimum atomic E-state index is -1.21. The van der Waals surface area contributed by atoms with Gasteiger partial charge in [-0.05, 0) is 12.1 Å². The maximum Gasteiger partial charge on any atom is 0.351 e. The normalized spacial score (nSPS) is 10.2. The standard InChI is InChI=1S/C12H11NO5S/c1-17-7-3-6(4-8(5-7)18-2)11-13-10(14)9(19-11)12(15)16/h3-5,14H,1-2H3,(H,15,16). The molecule has 1 heterocycles. The Morgan fingerprint density at radius 2 is 1.79 bits per heavy atom. The van der Waals surface area contributed by atoms with Crippen LogP contribution in [0, 0.1) is 0 Å². The van der Waals surface area contributed by atoms with Gasteiger partial charge in [0.15, 0.2) is 4.88 Å². The molecule has 6 nitrogen and oxygen atoms in total. The number of rotatable bonds is 4. The van der Waals surface area contributed by atoms with Crippen molar-refractivity contribution in [3.05, 3.63) is 23.1 Å². The number of aromatic hydroxyl groups is 1. The second-order valence-electron chi connectivity index (χ2n) is 3.58. The minimum Gasteiger partial charge on any atom is -0.497 e. The Bertz CT molecular complexity index is 600. The molecule has 1 aromatic heterocycles. The van der Waals surface area contributed by atoms with Crippen molar-refractivity contribution in [3.63, 3.8) is 0 Å². The number of ether oxygens (including phenoxy) is 2. The van der Waals surface area contributed by atoms with E-state index in [1.165, 1.54) is 14.2 Å². The molecule has 0 saturated heterocycles. The van der Waals surface area contributed by atoms with E-state index in [0.717, 1.165) is 11.3 Å². The highest BCUT2D eigenvalue weighted by molar-refractivity contribution is 7.17. The number of aromatic nitrogens is 1. The molecule has 0 fully saturated rings. The van der Waals surface area contributed by atoms with Gasteiger partial charge in [0.2, 0.25) is 5.88 Å². The van der Waals surface area contributed by atoms with E-state index >= 15 is 0 Å². The van der Waals surface area contributed by atoms with Gasteiger partial charge >= 0.3 is 5.97 Å². The van der Waals surface area contributed by atoms with Gasteiger partial charge in [-0.2, -0.15) is 0 Å². The van der Waals surface area contributed by atoms with Crippen LogP contribution in [-0.2, 0) is 0 Å². The molecule has 0 aliphatic heterocycles. The van der Waals surface area contributed by atoms with Crippen LogP contribution >= 0.6 is 11.3 Å². The summed E-state index contributed by atoms with van der Waals surface area (Å²) in [5.41, 5.74) is 0.615. The highest BCUT2D eigenvalue weighted by atomic mass is 32.1. The Hall–Kier alpha value is -2.28. The topological polar surface area (TPSA) is 88.9 Å². The van der Waals surface area contributed by atoms with Crippen molar-refractivity contribution in [2.24, 2.45) is 0 Å². The molecule has 0 aliphatic carbocycles. The minimum absolute atomic E-state index is 0.197. The summed E-state index contributed by atoms with van der Waals surface area (Å²) in [5.74, 6) is -0.591. The number of thiazole rings is 1. The molecule has 2 rings (SSSR count). The predicted molar refractivity (Wildman–Crippen MR) is 69.3 cm³/mol. The smallest absolute Gasteiger partial charge is 0.351 e. The van der Waals surface area contributed by atoms with Gasteiger partial charge in [-0.15, -0.1) is 11.3 Å². The average molecular weight is 281 g/mol. The summed E-state index contributed by atoms with van der Waals surface area (Å²) < 4.78 is 10.2. The van der Waals surface area contributed by atoms with E-state index in [1.807, 2.05) is 0 Å². The van der Waals surface area contributed by atoms with E-state index in [-0.39, 0.29) is 4.88 Å². The zero-order valence-corrected chi connectivity index (χ0v) is 11.0. The van der Waals surface area contributed by atoms with Crippen LogP contribution in [0.25, 0.3) is 10.6 Å². The quantitative estimate of drug-likeness (QED) is 0.893. The zero-order valence-electron chi connectivity index (χ0n) is 10.2. The third-order valence-corrected chi connectivity index (χ3v) is 3.48. The molecule has 0 atom stereocenters. The van der Waals surface area contributed by atoms with E-state index in [9.17, 15) is 9.90 Å². The molecule has 100 valence electrons. The van der Waals surface area contributed by atoms with Gasteiger partial charge in [0.1, 0.15) is 16.5 Å². The lowest BCUT2D eigenvalue weighted by molar-refractivity contribution is 0.0699. The van der Waals surface area contributed by atoms with Gasteiger partial charge in [-0.25, -0.2) is 9.78 Å². The second kappa shape index (κ2) is 5.15. The first-order chi connectivity index (χ1) is 9.05. The molecule has 0 bridgehead atoms. The maximum absolute atomic E-state index is 10.9. The molecule has 1 aromatic carbocycles. The first-order valence-corrected chi connectivity index (χ1v) is 6.03. The van der Waals surface area contributed by atoms with Crippen LogP contribution in [0.5, 0.6) is 17.4 Å². The Kier molecular flexibility index (Phi) is 3.57. The van der Waals surface area contributed by atoms with Gasteiger partial charge in [-0.3, -0.25) is 0 Å². The molecule has 2 N–H and O–H groups in total. The molecular weight excluding hydrogens is 270 g/mol. The maximum atomic E-state index is 10.9. The molecule has 0 unspecified atom stereocenters. The largest absolute Gasteiger partial charge is 0.497 e. The summed E-state index contributed by atoms with van der Waals surface area (Å²) in [6.45, 7) is 0. The summed E-state index contributed by atoms with van der Waals surface area (Å²) in [5, 5.41) is 18.7. The van der Waals surface area contributed by atoms with Crippen molar-refractivity contribution >= 4 is 17.3 Å². The molecule has 7 heteroatoms. The van der Waals surface area contributed by atoms with E-state index in [1.54, 1.807) is 18.2 Å². The van der Waals surface area contributed by atoms with Crippen LogP contribution < -0.4 is 9.47 Å². The van der Waals surface area contributed by atoms with Crippen LogP contribution in [-0.4, -0.2) is 35.4 Å². The first kappa shape index (κ1) is 13.2. The van der Waals surface area contributed by atoms with Crippen molar-refractivity contribution in [1.29, 1.82) is 0 Å². The summed E-state index contributed by atoms with van der Waals surface area (Å²) in [7, 11) is 3.03. The number of nitrogens with zero attached hydrogens (tertiary/aromatic N) is 1. The van der Waals surface area contributed by atoms with Crippen LogP contribution in [0.15, 0.2) is 18.2 Å². The van der Waals surface area contributed by atoms with Crippen LogP contribution in [0.4, 0.5) is 0 Å². The number of methoxy groups -OCH3 is 2. The summed E-state index contributed by atoms with van der Waals surface area (Å²) in [6, 6.07) is 5.06. The Morgan fingerprint density at radius 1 is 1.21 bits per heavy atom. The predicted octanol–water partition coefficient (Wildman–Crippen LogP) is 2.23. The fourth-order valence-electron chi connectivity index (χ4n) is 1.51. The number of carboxylic acid groups (broad SMARTS) is 1. The second-order valence-corrected chi connectivity index (χ2v) is 4.58. The number of benzene rings is 1. The highest BCUT2D eigenvalue weighted by Gasteiger charge is 2.18. The van der Waals surface area contributed by atoms with Gasteiger partial charge in [0.05, 0.1) is 14.2 Å². The van der Waals surface area contributed by atoms with Crippen molar-refractivity contribution in [3.8, 4) is 28.0 Å². The fourth-order valence-corrected chi connectivity index (χ4v) is 2.29. The summed E-state index contributed by atoms with van der Waals surface area (Å²) >= 11 is 0.887. The summed E-state index contributed by atoms with van der Waals surface area (Å²) in [4.78, 5) is 14.5. The molecule has 2 aromatic rings. The average Bonchev–Trinajstić information content (AvgIpc) is 2.80. The van der Waals surface area contributed by atoms with Crippen LogP contribution in [0.2, 0.25) is 0 Å². The van der Waals surface area contributed by atoms with E-state index in [2.05, 4.69) is 4.98 Å². The molecule has 0 amide bonds. The van der Waals surface area contributed by atoms with Gasteiger partial charge in [-0.1, -0.05) is 0 Å². The molecule has 19 heavy (non-hydrogen) atoms. The number of aromatic carboxylic acids is 1. The SMILES string of the molecule is COc1cc(OC)cc(-c2nc(O)c(C(=O)O)s2)c1. The molecule has 0 spiro atoms. The Balaban J connectivity index is 2.51. The molecule has 0 saturated carbocycles. The zero-order chi connectivity index (χ0) is 14.0. The monoisotopic (exact) mass is 281 g/mol. The third-order valence-electron chi connectivity index (χ3n) is 2.40. The number of hydrogen-bond acceptors (Lipinski definition) is 6. The number of carbonyl (C=O) groups is 1. The van der Waals surface area contributed by atoms with E-state index in [0.29, 0.717) is 22.1 Å². The van der Waals surface area contributed by atoms with E-state index < -0.39 is 11.8 Å². The van der Waals surface area contributed by atoms with Crippen molar-refractivity contribution < 1.29 is 24.5 Å². The Morgan fingerprint density at radius 3 is 2.21 bits per heavy atom. The number of hydrogen-bond donors (Lipinski definition) is 2. The van der Waals surface area contributed by atoms with Crippen molar-refractivity contribution in [1.82, 2.24) is 4.98 Å². The van der Waals surface area contributed by atoms with Crippen LogP contribution in [0.3, 0.4) is 0 Å². The molecule has 0 aliphatic rings. The third kappa shape index (κ3) is 2.60. The van der Waals surface area contributed by atoms with Crippen molar-refractivity contribution in [2.45, 2.75) is 0 Å². The lowest BCUT2D eigenvalue weighted by Crippen LogP contribution is -1.91. The number of carboxylic acids is 1. The summed E-state index contributed by atoms with van der Waals surface area (Å²) in [6.07, 6.45) is 0. The highest BCUT2D eigenvalue weighted by Crippen LogP contribution is 2.35. The molecule has 0 radical (unpaired) electrons. The van der Waals surface area contributed by atoms with Crippen molar-refractivity contribution in [2.75, 3.05) is 14.2 Å².